The van der Waals surface area contributed by atoms with E-state index in [-0.39, 0.29) is 6.10 Å². The lowest BCUT2D eigenvalue weighted by molar-refractivity contribution is 0.0912. The summed E-state index contributed by atoms with van der Waals surface area (Å²) in [6.45, 7) is 0. The molecular weight excluding hydrogens is 200 g/mol. The quantitative estimate of drug-likeness (QED) is 0.835. The van der Waals surface area contributed by atoms with Gasteiger partial charge >= 0.3 is 0 Å². The van der Waals surface area contributed by atoms with Crippen LogP contribution in [0.5, 0.6) is 0 Å². The van der Waals surface area contributed by atoms with Crippen molar-refractivity contribution < 1.29 is 5.11 Å². The van der Waals surface area contributed by atoms with E-state index >= 15 is 0 Å². The molecule has 1 aromatic rings. The second-order valence-electron chi connectivity index (χ2n) is 5.00. The Morgan fingerprint density at radius 2 is 1.88 bits per heavy atom. The van der Waals surface area contributed by atoms with Crippen molar-refractivity contribution in [3.63, 3.8) is 0 Å². The Hall–Kier alpha value is -0.830. The molecule has 16 heavy (non-hydrogen) atoms. The maximum absolute atomic E-state index is 10.3. The molecule has 1 atom stereocenters. The molecule has 90 valence electrons. The Morgan fingerprint density at radius 1 is 1.25 bits per heavy atom. The van der Waals surface area contributed by atoms with Crippen LogP contribution in [0.4, 0.5) is 0 Å². The van der Waals surface area contributed by atoms with Gasteiger partial charge in [-0.05, 0) is 18.8 Å². The van der Waals surface area contributed by atoms with Crippen LogP contribution in [-0.2, 0) is 7.05 Å². The fourth-order valence-electron chi connectivity index (χ4n) is 2.67. The molecule has 1 aliphatic rings. The molecule has 1 N–H and O–H groups in total. The molecule has 0 spiro atoms. The van der Waals surface area contributed by atoms with Crippen molar-refractivity contribution in [1.82, 2.24) is 9.78 Å². The molecule has 0 amide bonds. The van der Waals surface area contributed by atoms with E-state index in [9.17, 15) is 5.11 Å². The van der Waals surface area contributed by atoms with Crippen molar-refractivity contribution in [2.75, 3.05) is 0 Å². The summed E-state index contributed by atoms with van der Waals surface area (Å²) in [6.07, 6.45) is 12.3. The highest BCUT2D eigenvalue weighted by atomic mass is 16.3. The van der Waals surface area contributed by atoms with Gasteiger partial charge in [-0.1, -0.05) is 32.1 Å². The monoisotopic (exact) mass is 222 g/mol. The summed E-state index contributed by atoms with van der Waals surface area (Å²) in [5, 5.41) is 14.5. The maximum atomic E-state index is 10.3. The van der Waals surface area contributed by atoms with Crippen molar-refractivity contribution in [2.45, 2.75) is 51.0 Å². The Bertz CT molecular complexity index is 313. The first-order valence-corrected chi connectivity index (χ1v) is 6.44. The van der Waals surface area contributed by atoms with Gasteiger partial charge in [0.2, 0.25) is 0 Å². The molecule has 3 heteroatoms. The van der Waals surface area contributed by atoms with Gasteiger partial charge in [0.25, 0.3) is 0 Å². The lowest BCUT2D eigenvalue weighted by Crippen LogP contribution is -2.13. The van der Waals surface area contributed by atoms with Crippen LogP contribution in [-0.4, -0.2) is 14.9 Å². The maximum Gasteiger partial charge on any atom is 0.0848 e. The molecule has 1 saturated carbocycles. The summed E-state index contributed by atoms with van der Waals surface area (Å²) < 4.78 is 1.77. The van der Waals surface area contributed by atoms with E-state index in [1.165, 1.54) is 32.1 Å². The Morgan fingerprint density at radius 3 is 2.44 bits per heavy atom. The van der Waals surface area contributed by atoms with E-state index in [2.05, 4.69) is 5.10 Å². The van der Waals surface area contributed by atoms with Gasteiger partial charge in [-0.2, -0.15) is 5.10 Å². The minimum Gasteiger partial charge on any atom is -0.388 e. The zero-order chi connectivity index (χ0) is 11.4. The summed E-state index contributed by atoms with van der Waals surface area (Å²) in [6, 6.07) is 0. The molecule has 2 rings (SSSR count). The Balaban J connectivity index is 1.98. The third kappa shape index (κ3) is 2.85. The van der Waals surface area contributed by atoms with Crippen molar-refractivity contribution in [1.29, 1.82) is 0 Å². The molecule has 3 nitrogen and oxygen atoms in total. The molecule has 1 unspecified atom stereocenters. The van der Waals surface area contributed by atoms with Gasteiger partial charge in [0, 0.05) is 18.8 Å². The number of hydrogen-bond donors (Lipinski definition) is 1. The number of aliphatic hydroxyl groups is 1. The van der Waals surface area contributed by atoms with Gasteiger partial charge in [0.15, 0.2) is 0 Å². The standard InChI is InChI=1S/C13H22N2O/c1-15-10-12(9-14-15)13(16)11-7-5-3-2-4-6-8-11/h9-11,13,16H,2-8H2,1H3. The Kier molecular flexibility index (Phi) is 3.99. The van der Waals surface area contributed by atoms with Gasteiger partial charge in [0.1, 0.15) is 0 Å². The highest BCUT2D eigenvalue weighted by molar-refractivity contribution is 5.09. The number of hydrogen-bond acceptors (Lipinski definition) is 2. The minimum atomic E-state index is -0.313. The van der Waals surface area contributed by atoms with E-state index in [0.717, 1.165) is 18.4 Å². The first kappa shape index (κ1) is 11.6. The van der Waals surface area contributed by atoms with E-state index < -0.39 is 0 Å². The van der Waals surface area contributed by atoms with Crippen molar-refractivity contribution in [3.8, 4) is 0 Å². The fraction of sp³-hybridized carbons (Fsp3) is 0.769. The Labute approximate surface area is 97.5 Å². The first-order valence-electron chi connectivity index (χ1n) is 6.44. The minimum absolute atomic E-state index is 0.313. The van der Waals surface area contributed by atoms with E-state index in [4.69, 9.17) is 0 Å². The first-order chi connectivity index (χ1) is 7.77. The third-order valence-electron chi connectivity index (χ3n) is 3.66. The van der Waals surface area contributed by atoms with Crippen molar-refractivity contribution in [3.05, 3.63) is 18.0 Å². The number of nitrogens with zero attached hydrogens (tertiary/aromatic N) is 2. The summed E-state index contributed by atoms with van der Waals surface area (Å²) in [5.41, 5.74) is 0.980. The SMILES string of the molecule is Cn1cc(C(O)C2CCCCCCC2)cn1. The number of rotatable bonds is 2. The summed E-state index contributed by atoms with van der Waals surface area (Å²) >= 11 is 0. The molecule has 0 saturated heterocycles. The molecule has 1 fully saturated rings. The number of aliphatic hydroxyl groups excluding tert-OH is 1. The smallest absolute Gasteiger partial charge is 0.0848 e. The van der Waals surface area contributed by atoms with E-state index in [1.54, 1.807) is 10.9 Å². The third-order valence-corrected chi connectivity index (χ3v) is 3.66. The topological polar surface area (TPSA) is 38.0 Å². The second-order valence-corrected chi connectivity index (χ2v) is 5.00. The highest BCUT2D eigenvalue weighted by Crippen LogP contribution is 2.32. The summed E-state index contributed by atoms with van der Waals surface area (Å²) in [5.74, 6) is 0.435. The molecular formula is C13H22N2O. The lowest BCUT2D eigenvalue weighted by atomic mass is 9.85. The van der Waals surface area contributed by atoms with Crippen LogP contribution in [0.25, 0.3) is 0 Å². The highest BCUT2D eigenvalue weighted by Gasteiger charge is 2.22. The van der Waals surface area contributed by atoms with E-state index in [1.807, 2.05) is 13.2 Å². The fourth-order valence-corrected chi connectivity index (χ4v) is 2.67. The van der Waals surface area contributed by atoms with Crippen LogP contribution in [0.3, 0.4) is 0 Å². The average molecular weight is 222 g/mol. The predicted octanol–water partition coefficient (Wildman–Crippen LogP) is 2.81. The zero-order valence-corrected chi connectivity index (χ0v) is 10.1. The molecule has 1 aliphatic carbocycles. The molecule has 1 heterocycles. The van der Waals surface area contributed by atoms with E-state index in [0.29, 0.717) is 5.92 Å². The van der Waals surface area contributed by atoms with Crippen LogP contribution >= 0.6 is 0 Å². The van der Waals surface area contributed by atoms with Crippen molar-refractivity contribution in [2.24, 2.45) is 13.0 Å². The second kappa shape index (κ2) is 5.48. The van der Waals surface area contributed by atoms with Gasteiger partial charge in [-0.25, -0.2) is 0 Å². The molecule has 0 aliphatic heterocycles. The van der Waals surface area contributed by atoms with Crippen molar-refractivity contribution >= 4 is 0 Å². The number of aryl methyl sites for hydroxylation is 1. The molecule has 0 bridgehead atoms. The van der Waals surface area contributed by atoms with Gasteiger partial charge < -0.3 is 5.11 Å². The van der Waals surface area contributed by atoms with Crippen LogP contribution in [0.1, 0.15) is 56.6 Å². The molecule has 1 aromatic heterocycles. The normalized spacial score (nSPS) is 21.4. The molecule has 0 aromatic carbocycles. The number of aromatic nitrogens is 2. The van der Waals surface area contributed by atoms with Gasteiger partial charge in [-0.15, -0.1) is 0 Å². The van der Waals surface area contributed by atoms with Crippen LogP contribution in [0.2, 0.25) is 0 Å². The summed E-state index contributed by atoms with van der Waals surface area (Å²) in [4.78, 5) is 0. The van der Waals surface area contributed by atoms with Crippen LogP contribution in [0, 0.1) is 5.92 Å². The van der Waals surface area contributed by atoms with Gasteiger partial charge in [-0.3, -0.25) is 4.68 Å². The average Bonchev–Trinajstić information content (AvgIpc) is 2.63. The summed E-state index contributed by atoms with van der Waals surface area (Å²) in [7, 11) is 1.90. The van der Waals surface area contributed by atoms with Gasteiger partial charge in [0.05, 0.1) is 12.3 Å². The van der Waals surface area contributed by atoms with Crippen LogP contribution < -0.4 is 0 Å². The molecule has 0 radical (unpaired) electrons. The zero-order valence-electron chi connectivity index (χ0n) is 10.1. The predicted molar refractivity (Wildman–Crippen MR) is 64.0 cm³/mol. The van der Waals surface area contributed by atoms with Crippen LogP contribution in [0.15, 0.2) is 12.4 Å². The largest absolute Gasteiger partial charge is 0.388 e. The lowest BCUT2D eigenvalue weighted by Gasteiger charge is -2.24.